The van der Waals surface area contributed by atoms with Crippen molar-refractivity contribution in [1.82, 2.24) is 14.9 Å². The number of hydrogen-bond donors (Lipinski definition) is 3. The van der Waals surface area contributed by atoms with Crippen LogP contribution in [0.2, 0.25) is 5.02 Å². The molecule has 0 bridgehead atoms. The van der Waals surface area contributed by atoms with Crippen molar-refractivity contribution < 1.29 is 31.9 Å². The van der Waals surface area contributed by atoms with Gasteiger partial charge in [0.05, 0.1) is 32.1 Å². The van der Waals surface area contributed by atoms with Crippen LogP contribution in [0.15, 0.2) is 66.7 Å². The number of aryl methyl sites for hydroxylation is 1. The number of rotatable bonds is 13. The SMILES string of the molecule is COC(=O)NC(C(=O)Nc1cccc(F)c1CCC1CNCC(COC(C)C)N1S(C)(=O)=O)C(c1cccc(C)c1)c1cccc(Cl)c1. The second-order valence-electron chi connectivity index (χ2n) is 12.3. The van der Waals surface area contributed by atoms with Gasteiger partial charge in [0, 0.05) is 41.3 Å². The molecule has 3 aromatic rings. The van der Waals surface area contributed by atoms with Gasteiger partial charge in [-0.1, -0.05) is 59.6 Å². The Morgan fingerprint density at radius 3 is 2.35 bits per heavy atom. The minimum atomic E-state index is -3.62. The van der Waals surface area contributed by atoms with Gasteiger partial charge in [0.2, 0.25) is 15.9 Å². The predicted molar refractivity (Wildman–Crippen MR) is 185 cm³/mol. The van der Waals surface area contributed by atoms with Crippen LogP contribution >= 0.6 is 11.6 Å². The summed E-state index contributed by atoms with van der Waals surface area (Å²) in [4.78, 5) is 26.8. The highest BCUT2D eigenvalue weighted by Gasteiger charge is 2.38. The van der Waals surface area contributed by atoms with Crippen LogP contribution in [0.1, 0.15) is 48.4 Å². The van der Waals surface area contributed by atoms with Crippen LogP contribution in [0.4, 0.5) is 14.9 Å². The summed E-state index contributed by atoms with van der Waals surface area (Å²) >= 11 is 6.36. The van der Waals surface area contributed by atoms with Gasteiger partial charge in [-0.3, -0.25) is 4.79 Å². The largest absolute Gasteiger partial charge is 0.453 e. The first kappa shape index (κ1) is 37.3. The first-order chi connectivity index (χ1) is 22.8. The molecule has 13 heteroatoms. The molecule has 1 aliphatic heterocycles. The zero-order chi connectivity index (χ0) is 35.0. The second-order valence-corrected chi connectivity index (χ2v) is 14.6. The molecule has 0 spiro atoms. The third kappa shape index (κ3) is 9.76. The molecular formula is C35H44ClFN4O6S. The van der Waals surface area contributed by atoms with Crippen LogP contribution in [-0.4, -0.2) is 82.0 Å². The van der Waals surface area contributed by atoms with Gasteiger partial charge in [0.1, 0.15) is 11.9 Å². The zero-order valence-electron chi connectivity index (χ0n) is 27.8. The lowest BCUT2D eigenvalue weighted by Crippen LogP contribution is -2.60. The van der Waals surface area contributed by atoms with Crippen LogP contribution in [0.3, 0.4) is 0 Å². The summed E-state index contributed by atoms with van der Waals surface area (Å²) in [5, 5.41) is 9.27. The van der Waals surface area contributed by atoms with E-state index < -0.39 is 51.9 Å². The summed E-state index contributed by atoms with van der Waals surface area (Å²) in [5.74, 6) is -1.85. The van der Waals surface area contributed by atoms with Gasteiger partial charge >= 0.3 is 6.09 Å². The number of halogens is 2. The number of nitrogens with one attached hydrogen (secondary N) is 3. The Bertz CT molecular complexity index is 1650. The maximum atomic E-state index is 15.5. The summed E-state index contributed by atoms with van der Waals surface area (Å²) < 4.78 is 53.5. The summed E-state index contributed by atoms with van der Waals surface area (Å²) in [6.07, 6.45) is 0.680. The van der Waals surface area contributed by atoms with E-state index in [2.05, 4.69) is 16.0 Å². The number of benzene rings is 3. The molecule has 0 radical (unpaired) electrons. The van der Waals surface area contributed by atoms with Gasteiger partial charge in [0.25, 0.3) is 0 Å². The summed E-state index contributed by atoms with van der Waals surface area (Å²) in [6, 6.07) is 16.9. The number of carbonyl (C=O) groups excluding carboxylic acids is 2. The minimum Gasteiger partial charge on any atom is -0.453 e. The van der Waals surface area contributed by atoms with Crippen molar-refractivity contribution in [3.63, 3.8) is 0 Å². The molecule has 0 saturated carbocycles. The van der Waals surface area contributed by atoms with E-state index in [4.69, 9.17) is 21.1 Å². The molecule has 48 heavy (non-hydrogen) atoms. The van der Waals surface area contributed by atoms with E-state index in [-0.39, 0.29) is 36.8 Å². The van der Waals surface area contributed by atoms with Crippen molar-refractivity contribution >= 4 is 39.3 Å². The quantitative estimate of drug-likeness (QED) is 0.222. The van der Waals surface area contributed by atoms with Crippen molar-refractivity contribution in [3.8, 4) is 0 Å². The molecule has 2 amide bonds. The number of hydrogen-bond acceptors (Lipinski definition) is 7. The molecule has 1 saturated heterocycles. The van der Waals surface area contributed by atoms with E-state index in [1.807, 2.05) is 51.1 Å². The predicted octanol–water partition coefficient (Wildman–Crippen LogP) is 5.24. The topological polar surface area (TPSA) is 126 Å². The van der Waals surface area contributed by atoms with Crippen LogP contribution in [-0.2, 0) is 30.7 Å². The van der Waals surface area contributed by atoms with E-state index in [0.717, 1.165) is 11.1 Å². The number of amides is 2. The Balaban J connectivity index is 1.66. The van der Waals surface area contributed by atoms with Crippen molar-refractivity contribution in [2.45, 2.75) is 63.8 Å². The van der Waals surface area contributed by atoms with Crippen LogP contribution in [0.25, 0.3) is 0 Å². The average molecular weight is 703 g/mol. The van der Waals surface area contributed by atoms with Gasteiger partial charge in [-0.25, -0.2) is 17.6 Å². The van der Waals surface area contributed by atoms with Crippen molar-refractivity contribution in [1.29, 1.82) is 0 Å². The lowest BCUT2D eigenvalue weighted by atomic mass is 9.84. The number of nitrogens with zero attached hydrogens (tertiary/aromatic N) is 1. The van der Waals surface area contributed by atoms with Gasteiger partial charge < -0.3 is 25.4 Å². The summed E-state index contributed by atoms with van der Waals surface area (Å²) in [5.41, 5.74) is 2.79. The molecule has 10 nitrogen and oxygen atoms in total. The molecule has 4 unspecified atom stereocenters. The third-order valence-electron chi connectivity index (χ3n) is 8.27. The Morgan fingerprint density at radius 1 is 1.04 bits per heavy atom. The van der Waals surface area contributed by atoms with E-state index in [9.17, 15) is 18.0 Å². The average Bonchev–Trinajstić information content (AvgIpc) is 3.02. The van der Waals surface area contributed by atoms with Gasteiger partial charge in [0.15, 0.2) is 0 Å². The molecule has 0 aromatic heterocycles. The number of alkyl carbamates (subject to hydrolysis) is 1. The number of sulfonamides is 1. The lowest BCUT2D eigenvalue weighted by molar-refractivity contribution is -0.118. The van der Waals surface area contributed by atoms with Crippen molar-refractivity contribution in [2.75, 3.05) is 38.4 Å². The number of carbonyl (C=O) groups is 2. The fourth-order valence-corrected chi connectivity index (χ4v) is 7.78. The molecule has 0 aliphatic carbocycles. The third-order valence-corrected chi connectivity index (χ3v) is 9.87. The zero-order valence-corrected chi connectivity index (χ0v) is 29.4. The summed E-state index contributed by atoms with van der Waals surface area (Å²) in [6.45, 7) is 6.72. The van der Waals surface area contributed by atoms with E-state index in [1.165, 1.54) is 29.8 Å². The van der Waals surface area contributed by atoms with Gasteiger partial charge in [-0.05, 0) is 69.0 Å². The molecule has 260 valence electrons. The number of piperazine rings is 1. The second kappa shape index (κ2) is 16.7. The fourth-order valence-electron chi connectivity index (χ4n) is 6.18. The van der Waals surface area contributed by atoms with E-state index in [0.29, 0.717) is 23.7 Å². The van der Waals surface area contributed by atoms with Crippen molar-refractivity contribution in [3.05, 3.63) is 99.8 Å². The van der Waals surface area contributed by atoms with E-state index >= 15 is 4.39 Å². The Morgan fingerprint density at radius 2 is 1.71 bits per heavy atom. The highest BCUT2D eigenvalue weighted by molar-refractivity contribution is 7.88. The number of methoxy groups -OCH3 is 1. The van der Waals surface area contributed by atoms with E-state index in [1.54, 1.807) is 24.3 Å². The highest BCUT2D eigenvalue weighted by Crippen LogP contribution is 2.32. The number of anilines is 1. The molecule has 1 aliphatic rings. The first-order valence-corrected chi connectivity index (χ1v) is 18.1. The molecule has 4 atom stereocenters. The smallest absolute Gasteiger partial charge is 0.407 e. The normalized spacial score (nSPS) is 18.2. The van der Waals surface area contributed by atoms with Crippen LogP contribution in [0, 0.1) is 12.7 Å². The molecule has 1 heterocycles. The molecule has 4 rings (SSSR count). The molecule has 1 fully saturated rings. The van der Waals surface area contributed by atoms with Crippen LogP contribution < -0.4 is 16.0 Å². The van der Waals surface area contributed by atoms with Gasteiger partial charge in [-0.2, -0.15) is 4.31 Å². The molecule has 3 N–H and O–H groups in total. The Labute approximate surface area is 287 Å². The summed E-state index contributed by atoms with van der Waals surface area (Å²) in [7, 11) is -2.42. The Kier molecular flexibility index (Phi) is 13.0. The van der Waals surface area contributed by atoms with Crippen molar-refractivity contribution in [2.24, 2.45) is 0 Å². The standard InChI is InChI=1S/C35H44ClFN4O6S/c1-22(2)47-21-28-20-38-19-27(41(28)48(5,44)45)15-16-29-30(37)13-8-14-31(29)39-34(42)33(40-35(43)46-4)32(24-10-6-9-23(3)17-24)25-11-7-12-26(36)18-25/h6-14,17-18,22,27-28,32-33,38H,15-16,19-21H2,1-5H3,(H,39,42)(H,40,43). The molecule has 3 aromatic carbocycles. The first-order valence-electron chi connectivity index (χ1n) is 15.8. The Hall–Kier alpha value is -3.55. The maximum Gasteiger partial charge on any atom is 0.407 e. The lowest BCUT2D eigenvalue weighted by Gasteiger charge is -2.41. The molecular weight excluding hydrogens is 659 g/mol. The fraction of sp³-hybridized carbons (Fsp3) is 0.429. The number of ether oxygens (including phenoxy) is 2. The van der Waals surface area contributed by atoms with Gasteiger partial charge in [-0.15, -0.1) is 0 Å². The highest BCUT2D eigenvalue weighted by atomic mass is 35.5. The monoisotopic (exact) mass is 702 g/mol. The maximum absolute atomic E-state index is 15.5. The minimum absolute atomic E-state index is 0.0711. The van der Waals surface area contributed by atoms with Crippen LogP contribution in [0.5, 0.6) is 0 Å².